The first kappa shape index (κ1) is 10.7. The minimum Gasteiger partial charge on any atom is -0.480 e. The van der Waals surface area contributed by atoms with E-state index in [1.54, 1.807) is 12.1 Å². The van der Waals surface area contributed by atoms with Crippen LogP contribution in [0.2, 0.25) is 0 Å². The molecule has 0 bridgehead atoms. The third-order valence-electron chi connectivity index (χ3n) is 1.97. The third-order valence-corrected chi connectivity index (χ3v) is 1.97. The maximum absolute atomic E-state index is 12.5. The van der Waals surface area contributed by atoms with Crippen molar-refractivity contribution >= 4 is 5.97 Å². The molecule has 0 aliphatic carbocycles. The van der Waals surface area contributed by atoms with Crippen LogP contribution in [0.1, 0.15) is 12.0 Å². The topological polar surface area (TPSA) is 63.3 Å². The fourth-order valence-corrected chi connectivity index (χ4v) is 1.10. The van der Waals surface area contributed by atoms with Gasteiger partial charge in [0.1, 0.15) is 11.9 Å². The molecule has 0 aliphatic rings. The van der Waals surface area contributed by atoms with Crippen LogP contribution >= 0.6 is 0 Å². The Kier molecular flexibility index (Phi) is 3.59. The molecule has 3 N–H and O–H groups in total. The van der Waals surface area contributed by atoms with Crippen molar-refractivity contribution in [3.05, 3.63) is 35.6 Å². The van der Waals surface area contributed by atoms with E-state index in [0.29, 0.717) is 12.8 Å². The van der Waals surface area contributed by atoms with Gasteiger partial charge in [-0.25, -0.2) is 4.39 Å². The Labute approximate surface area is 81.4 Å². The van der Waals surface area contributed by atoms with Crippen LogP contribution in [0.15, 0.2) is 24.3 Å². The van der Waals surface area contributed by atoms with Crippen LogP contribution in [0.5, 0.6) is 0 Å². The molecule has 0 fully saturated rings. The maximum atomic E-state index is 12.5. The first-order chi connectivity index (χ1) is 6.59. The lowest BCUT2D eigenvalue weighted by atomic mass is 10.1. The molecule has 1 aromatic carbocycles. The molecule has 1 atom stereocenters. The Bertz CT molecular complexity index is 310. The zero-order valence-corrected chi connectivity index (χ0v) is 7.61. The number of rotatable bonds is 4. The number of aryl methyl sites for hydroxylation is 1. The van der Waals surface area contributed by atoms with E-state index in [0.717, 1.165) is 5.56 Å². The van der Waals surface area contributed by atoms with Crippen molar-refractivity contribution in [1.82, 2.24) is 0 Å². The molecule has 0 radical (unpaired) electrons. The van der Waals surface area contributed by atoms with Gasteiger partial charge in [0, 0.05) is 0 Å². The van der Waals surface area contributed by atoms with Crippen molar-refractivity contribution in [3.8, 4) is 0 Å². The molecule has 0 aliphatic heterocycles. The Hall–Kier alpha value is -1.42. The first-order valence-electron chi connectivity index (χ1n) is 4.32. The van der Waals surface area contributed by atoms with Crippen LogP contribution in [0.3, 0.4) is 0 Å². The van der Waals surface area contributed by atoms with E-state index < -0.39 is 12.0 Å². The summed E-state index contributed by atoms with van der Waals surface area (Å²) in [6, 6.07) is 5.11. The molecule has 0 saturated carbocycles. The van der Waals surface area contributed by atoms with E-state index >= 15 is 0 Å². The molecular formula is C10H12FNO2. The van der Waals surface area contributed by atoms with Gasteiger partial charge in [0.25, 0.3) is 0 Å². The second kappa shape index (κ2) is 4.72. The largest absolute Gasteiger partial charge is 0.480 e. The summed E-state index contributed by atoms with van der Waals surface area (Å²) in [6.07, 6.45) is 0.911. The van der Waals surface area contributed by atoms with Gasteiger partial charge in [0.15, 0.2) is 0 Å². The second-order valence-corrected chi connectivity index (χ2v) is 3.11. The molecule has 0 amide bonds. The van der Waals surface area contributed by atoms with E-state index in [4.69, 9.17) is 10.8 Å². The monoisotopic (exact) mass is 197 g/mol. The van der Waals surface area contributed by atoms with E-state index in [1.165, 1.54) is 12.1 Å². The summed E-state index contributed by atoms with van der Waals surface area (Å²) in [7, 11) is 0. The first-order valence-corrected chi connectivity index (χ1v) is 4.32. The van der Waals surface area contributed by atoms with Gasteiger partial charge in [-0.3, -0.25) is 4.79 Å². The summed E-state index contributed by atoms with van der Waals surface area (Å²) in [5, 5.41) is 8.52. The van der Waals surface area contributed by atoms with Crippen molar-refractivity contribution in [2.24, 2.45) is 5.73 Å². The van der Waals surface area contributed by atoms with E-state index in [2.05, 4.69) is 0 Å². The maximum Gasteiger partial charge on any atom is 0.320 e. The summed E-state index contributed by atoms with van der Waals surface area (Å²) < 4.78 is 12.5. The fourth-order valence-electron chi connectivity index (χ4n) is 1.10. The summed E-state index contributed by atoms with van der Waals surface area (Å²) in [5.74, 6) is -1.30. The number of hydrogen-bond donors (Lipinski definition) is 2. The number of halogens is 1. The van der Waals surface area contributed by atoms with Crippen LogP contribution in [0, 0.1) is 5.82 Å². The van der Waals surface area contributed by atoms with Crippen molar-refractivity contribution in [3.63, 3.8) is 0 Å². The predicted octanol–water partition coefficient (Wildman–Crippen LogP) is 1.17. The Balaban J connectivity index is 2.46. The van der Waals surface area contributed by atoms with Gasteiger partial charge in [-0.2, -0.15) is 0 Å². The van der Waals surface area contributed by atoms with Gasteiger partial charge >= 0.3 is 5.97 Å². The van der Waals surface area contributed by atoms with Crippen LogP contribution in [0.4, 0.5) is 4.39 Å². The highest BCUT2D eigenvalue weighted by Crippen LogP contribution is 2.06. The average Bonchev–Trinajstić information content (AvgIpc) is 2.16. The van der Waals surface area contributed by atoms with E-state index in [9.17, 15) is 9.18 Å². The van der Waals surface area contributed by atoms with Gasteiger partial charge in [0.2, 0.25) is 0 Å². The van der Waals surface area contributed by atoms with Crippen molar-refractivity contribution in [2.45, 2.75) is 18.9 Å². The van der Waals surface area contributed by atoms with Crippen molar-refractivity contribution < 1.29 is 14.3 Å². The average molecular weight is 197 g/mol. The van der Waals surface area contributed by atoms with Gasteiger partial charge in [0.05, 0.1) is 0 Å². The summed E-state index contributed by atoms with van der Waals surface area (Å²) in [4.78, 5) is 10.4. The molecule has 3 nitrogen and oxygen atoms in total. The number of carbonyl (C=O) groups is 1. The molecule has 1 unspecified atom stereocenters. The van der Waals surface area contributed by atoms with Crippen molar-refractivity contribution in [1.29, 1.82) is 0 Å². The normalized spacial score (nSPS) is 12.4. The number of carboxylic acid groups (broad SMARTS) is 1. The molecule has 1 rings (SSSR count). The quantitative estimate of drug-likeness (QED) is 0.761. The van der Waals surface area contributed by atoms with Gasteiger partial charge in [-0.15, -0.1) is 0 Å². The number of nitrogens with two attached hydrogens (primary N) is 1. The minimum absolute atomic E-state index is 0.295. The van der Waals surface area contributed by atoms with Crippen LogP contribution in [-0.2, 0) is 11.2 Å². The Morgan fingerprint density at radius 2 is 2.00 bits per heavy atom. The lowest BCUT2D eigenvalue weighted by Gasteiger charge is -2.05. The predicted molar refractivity (Wildman–Crippen MR) is 50.3 cm³/mol. The zero-order chi connectivity index (χ0) is 10.6. The third kappa shape index (κ3) is 3.14. The zero-order valence-electron chi connectivity index (χ0n) is 7.61. The standard InChI is InChI=1S/C10H12FNO2/c11-8-4-1-7(2-5-8)3-6-9(12)10(13)14/h1-2,4-5,9H,3,6,12H2,(H,13,14). The minimum atomic E-state index is -1.01. The Morgan fingerprint density at radius 3 is 2.50 bits per heavy atom. The molecule has 0 spiro atoms. The molecular weight excluding hydrogens is 185 g/mol. The molecule has 0 heterocycles. The molecule has 1 aromatic rings. The molecule has 0 aromatic heterocycles. The van der Waals surface area contributed by atoms with Gasteiger partial charge in [-0.05, 0) is 30.5 Å². The van der Waals surface area contributed by atoms with Crippen LogP contribution in [0.25, 0.3) is 0 Å². The Morgan fingerprint density at radius 1 is 1.43 bits per heavy atom. The molecule has 4 heteroatoms. The molecule has 76 valence electrons. The van der Waals surface area contributed by atoms with E-state index in [1.807, 2.05) is 0 Å². The SMILES string of the molecule is NC(CCc1ccc(F)cc1)C(=O)O. The fraction of sp³-hybridized carbons (Fsp3) is 0.300. The number of aliphatic carboxylic acids is 1. The van der Waals surface area contributed by atoms with Crippen LogP contribution < -0.4 is 5.73 Å². The number of benzene rings is 1. The highest BCUT2D eigenvalue weighted by Gasteiger charge is 2.10. The van der Waals surface area contributed by atoms with Crippen molar-refractivity contribution in [2.75, 3.05) is 0 Å². The number of carboxylic acids is 1. The lowest BCUT2D eigenvalue weighted by Crippen LogP contribution is -2.30. The van der Waals surface area contributed by atoms with Gasteiger partial charge < -0.3 is 10.8 Å². The highest BCUT2D eigenvalue weighted by atomic mass is 19.1. The molecule has 0 saturated heterocycles. The summed E-state index contributed by atoms with van der Waals surface area (Å²) >= 11 is 0. The second-order valence-electron chi connectivity index (χ2n) is 3.11. The summed E-state index contributed by atoms with van der Waals surface area (Å²) in [6.45, 7) is 0. The molecule has 14 heavy (non-hydrogen) atoms. The van der Waals surface area contributed by atoms with Gasteiger partial charge in [-0.1, -0.05) is 12.1 Å². The van der Waals surface area contributed by atoms with E-state index in [-0.39, 0.29) is 5.82 Å². The smallest absolute Gasteiger partial charge is 0.320 e. The highest BCUT2D eigenvalue weighted by molar-refractivity contribution is 5.73. The van der Waals surface area contributed by atoms with Crippen LogP contribution in [-0.4, -0.2) is 17.1 Å². The summed E-state index contributed by atoms with van der Waals surface area (Å²) in [5.41, 5.74) is 6.21. The number of hydrogen-bond acceptors (Lipinski definition) is 2. The lowest BCUT2D eigenvalue weighted by molar-refractivity contribution is -0.138.